The number of thiazole rings is 1. The number of nitrogens with two attached hydrogens (primary N) is 1. The van der Waals surface area contributed by atoms with Crippen molar-refractivity contribution < 1.29 is 8.42 Å². The molecule has 6 heteroatoms. The summed E-state index contributed by atoms with van der Waals surface area (Å²) >= 11 is 1.35. The van der Waals surface area contributed by atoms with Crippen molar-refractivity contribution in [3.63, 3.8) is 0 Å². The summed E-state index contributed by atoms with van der Waals surface area (Å²) in [7, 11) is -3.35. The van der Waals surface area contributed by atoms with Crippen molar-refractivity contribution in [3.05, 3.63) is 40.3 Å². The fourth-order valence-electron chi connectivity index (χ4n) is 1.42. The molecule has 1 aromatic heterocycles. The Morgan fingerprint density at radius 1 is 1.41 bits per heavy atom. The summed E-state index contributed by atoms with van der Waals surface area (Å²) in [4.78, 5) is 4.39. The summed E-state index contributed by atoms with van der Waals surface area (Å²) in [5, 5.41) is 2.44. The Hall–Kier alpha value is -1.40. The lowest BCUT2D eigenvalue weighted by Gasteiger charge is -2.03. The van der Waals surface area contributed by atoms with Crippen LogP contribution in [-0.4, -0.2) is 13.4 Å². The van der Waals surface area contributed by atoms with Crippen LogP contribution in [0.5, 0.6) is 0 Å². The molecule has 17 heavy (non-hydrogen) atoms. The molecular formula is C11H12N2O2S2. The highest BCUT2D eigenvalue weighted by molar-refractivity contribution is 7.90. The number of nitrogen functional groups attached to an aromatic ring is 1. The van der Waals surface area contributed by atoms with Gasteiger partial charge in [-0.15, -0.1) is 11.3 Å². The molecule has 0 amide bonds. The molecule has 4 nitrogen and oxygen atoms in total. The lowest BCUT2D eigenvalue weighted by atomic mass is 10.3. The van der Waals surface area contributed by atoms with Gasteiger partial charge >= 0.3 is 0 Å². The van der Waals surface area contributed by atoms with E-state index in [0.717, 1.165) is 5.69 Å². The van der Waals surface area contributed by atoms with E-state index in [9.17, 15) is 8.42 Å². The predicted octanol–water partition coefficient (Wildman–Crippen LogP) is 2.01. The van der Waals surface area contributed by atoms with Gasteiger partial charge in [-0.1, -0.05) is 6.07 Å². The van der Waals surface area contributed by atoms with Crippen LogP contribution in [-0.2, 0) is 15.6 Å². The minimum absolute atomic E-state index is 0.0744. The summed E-state index contributed by atoms with van der Waals surface area (Å²) in [5.41, 5.74) is 6.86. The van der Waals surface area contributed by atoms with Gasteiger partial charge in [0.05, 0.1) is 4.90 Å². The Balaban J connectivity index is 2.31. The maximum absolute atomic E-state index is 12.1. The third-order valence-corrected chi connectivity index (χ3v) is 4.97. The van der Waals surface area contributed by atoms with Crippen molar-refractivity contribution in [1.82, 2.24) is 4.98 Å². The Kier molecular flexibility index (Phi) is 3.17. The lowest BCUT2D eigenvalue weighted by molar-refractivity contribution is 0.595. The molecule has 1 aromatic carbocycles. The second kappa shape index (κ2) is 4.46. The first-order valence-corrected chi connectivity index (χ1v) is 7.50. The molecule has 0 fully saturated rings. The van der Waals surface area contributed by atoms with Crippen molar-refractivity contribution in [2.45, 2.75) is 17.6 Å². The van der Waals surface area contributed by atoms with Crippen molar-refractivity contribution in [3.8, 4) is 0 Å². The molecule has 0 aliphatic heterocycles. The summed E-state index contributed by atoms with van der Waals surface area (Å²) < 4.78 is 24.1. The monoisotopic (exact) mass is 268 g/mol. The molecule has 2 N–H and O–H groups in total. The van der Waals surface area contributed by atoms with Gasteiger partial charge in [-0.3, -0.25) is 0 Å². The van der Waals surface area contributed by atoms with Gasteiger partial charge in [-0.05, 0) is 25.1 Å². The number of hydrogen-bond acceptors (Lipinski definition) is 5. The third-order valence-electron chi connectivity index (χ3n) is 2.20. The van der Waals surface area contributed by atoms with E-state index < -0.39 is 9.84 Å². The minimum atomic E-state index is -3.35. The zero-order chi connectivity index (χ0) is 12.5. The van der Waals surface area contributed by atoms with Gasteiger partial charge < -0.3 is 5.73 Å². The van der Waals surface area contributed by atoms with Crippen LogP contribution >= 0.6 is 11.3 Å². The summed E-state index contributed by atoms with van der Waals surface area (Å²) in [5.74, 6) is -0.0744. The first-order chi connectivity index (χ1) is 7.97. The largest absolute Gasteiger partial charge is 0.399 e. The topological polar surface area (TPSA) is 73.0 Å². The van der Waals surface area contributed by atoms with Crippen LogP contribution in [0.2, 0.25) is 0 Å². The maximum Gasteiger partial charge on any atom is 0.184 e. The summed E-state index contributed by atoms with van der Waals surface area (Å²) in [6.45, 7) is 1.84. The average molecular weight is 268 g/mol. The summed E-state index contributed by atoms with van der Waals surface area (Å²) in [6, 6.07) is 6.31. The van der Waals surface area contributed by atoms with E-state index in [2.05, 4.69) is 4.98 Å². The smallest absolute Gasteiger partial charge is 0.184 e. The SMILES string of the molecule is Cc1csc(CS(=O)(=O)c2cccc(N)c2)n1. The molecule has 0 bridgehead atoms. The Morgan fingerprint density at radius 2 is 2.18 bits per heavy atom. The van der Waals surface area contributed by atoms with E-state index in [4.69, 9.17) is 5.73 Å². The zero-order valence-corrected chi connectivity index (χ0v) is 10.9. The molecule has 90 valence electrons. The second-order valence-electron chi connectivity index (χ2n) is 3.71. The standard InChI is InChI=1S/C11H12N2O2S2/c1-8-6-16-11(13-8)7-17(14,15)10-4-2-3-9(12)5-10/h2-6H,7,12H2,1H3. The molecule has 0 aliphatic rings. The van der Waals surface area contributed by atoms with Gasteiger partial charge in [0.25, 0.3) is 0 Å². The number of aryl methyl sites for hydroxylation is 1. The molecule has 1 heterocycles. The fourth-order valence-corrected chi connectivity index (χ4v) is 3.87. The van der Waals surface area contributed by atoms with Gasteiger partial charge in [-0.2, -0.15) is 0 Å². The van der Waals surface area contributed by atoms with Crippen LogP contribution in [0.4, 0.5) is 5.69 Å². The molecule has 2 rings (SSSR count). The normalized spacial score (nSPS) is 11.6. The Labute approximate surface area is 104 Å². The first-order valence-electron chi connectivity index (χ1n) is 4.97. The van der Waals surface area contributed by atoms with Gasteiger partial charge in [-0.25, -0.2) is 13.4 Å². The number of nitrogens with zero attached hydrogens (tertiary/aromatic N) is 1. The molecule has 0 radical (unpaired) electrons. The predicted molar refractivity (Wildman–Crippen MR) is 68.6 cm³/mol. The first kappa shape index (κ1) is 12.1. The van der Waals surface area contributed by atoms with Gasteiger partial charge in [0, 0.05) is 16.8 Å². The highest BCUT2D eigenvalue weighted by Gasteiger charge is 2.17. The quantitative estimate of drug-likeness (QED) is 0.864. The van der Waals surface area contributed by atoms with Crippen LogP contribution < -0.4 is 5.73 Å². The molecule has 0 atom stereocenters. The lowest BCUT2D eigenvalue weighted by Crippen LogP contribution is -2.05. The molecule has 2 aromatic rings. The van der Waals surface area contributed by atoms with Crippen LogP contribution in [0.25, 0.3) is 0 Å². The number of benzene rings is 1. The van der Waals surface area contributed by atoms with Gasteiger partial charge in [0.1, 0.15) is 10.8 Å². The van der Waals surface area contributed by atoms with Crippen molar-refractivity contribution in [2.75, 3.05) is 5.73 Å². The van der Waals surface area contributed by atoms with E-state index >= 15 is 0 Å². The van der Waals surface area contributed by atoms with E-state index in [1.165, 1.54) is 17.4 Å². The van der Waals surface area contributed by atoms with Crippen LogP contribution in [0.1, 0.15) is 10.7 Å². The van der Waals surface area contributed by atoms with Gasteiger partial charge in [0.15, 0.2) is 9.84 Å². The molecule has 0 saturated heterocycles. The van der Waals surface area contributed by atoms with Crippen molar-refractivity contribution in [1.29, 1.82) is 0 Å². The number of hydrogen-bond donors (Lipinski definition) is 1. The second-order valence-corrected chi connectivity index (χ2v) is 6.65. The third kappa shape index (κ3) is 2.83. The van der Waals surface area contributed by atoms with E-state index in [-0.39, 0.29) is 10.6 Å². The highest BCUT2D eigenvalue weighted by atomic mass is 32.2. The number of rotatable bonds is 3. The van der Waals surface area contributed by atoms with Crippen LogP contribution in [0.15, 0.2) is 34.5 Å². The van der Waals surface area contributed by atoms with E-state index in [1.807, 2.05) is 12.3 Å². The van der Waals surface area contributed by atoms with Gasteiger partial charge in [0.2, 0.25) is 0 Å². The Morgan fingerprint density at radius 3 is 2.76 bits per heavy atom. The van der Waals surface area contributed by atoms with E-state index in [0.29, 0.717) is 10.7 Å². The molecule has 0 spiro atoms. The highest BCUT2D eigenvalue weighted by Crippen LogP contribution is 2.20. The number of sulfone groups is 1. The van der Waals surface area contributed by atoms with E-state index in [1.54, 1.807) is 18.2 Å². The van der Waals surface area contributed by atoms with Crippen molar-refractivity contribution >= 4 is 26.9 Å². The zero-order valence-electron chi connectivity index (χ0n) is 9.25. The Bertz CT molecular complexity index is 632. The minimum Gasteiger partial charge on any atom is -0.399 e. The van der Waals surface area contributed by atoms with Crippen LogP contribution in [0, 0.1) is 6.92 Å². The molecular weight excluding hydrogens is 256 g/mol. The average Bonchev–Trinajstić information content (AvgIpc) is 2.63. The number of anilines is 1. The molecule has 0 saturated carbocycles. The fraction of sp³-hybridized carbons (Fsp3) is 0.182. The summed E-state index contributed by atoms with van der Waals surface area (Å²) in [6.07, 6.45) is 0. The molecule has 0 unspecified atom stereocenters. The maximum atomic E-state index is 12.1. The van der Waals surface area contributed by atoms with Crippen LogP contribution in [0.3, 0.4) is 0 Å². The molecule has 0 aliphatic carbocycles. The van der Waals surface area contributed by atoms with Crippen molar-refractivity contribution in [2.24, 2.45) is 0 Å². The number of aromatic nitrogens is 1.